The van der Waals surface area contributed by atoms with Gasteiger partial charge in [0.15, 0.2) is 0 Å². The predicted octanol–water partition coefficient (Wildman–Crippen LogP) is 3.25. The molecule has 0 saturated carbocycles. The highest BCUT2D eigenvalue weighted by Gasteiger charge is 2.08. The predicted molar refractivity (Wildman–Crippen MR) is 55.5 cm³/mol. The van der Waals surface area contributed by atoms with Crippen molar-refractivity contribution in [1.82, 2.24) is 0 Å². The summed E-state index contributed by atoms with van der Waals surface area (Å²) in [6, 6.07) is 2.41. The lowest BCUT2D eigenvalue weighted by atomic mass is 10.0. The van der Waals surface area contributed by atoms with Gasteiger partial charge in [-0.25, -0.2) is 0 Å². The molecule has 2 heteroatoms. The van der Waals surface area contributed by atoms with Crippen LogP contribution in [0.1, 0.15) is 42.7 Å². The monoisotopic (exact) mass is 183 g/mol. The summed E-state index contributed by atoms with van der Waals surface area (Å²) in [5, 5.41) is 2.12. The van der Waals surface area contributed by atoms with Gasteiger partial charge in [-0.15, -0.1) is 11.3 Å². The first-order valence-corrected chi connectivity index (χ1v) is 5.43. The number of thiophene rings is 1. The van der Waals surface area contributed by atoms with Crippen molar-refractivity contribution in [3.8, 4) is 0 Å². The minimum Gasteiger partial charge on any atom is -0.324 e. The van der Waals surface area contributed by atoms with Crippen LogP contribution in [-0.2, 0) is 0 Å². The molecule has 0 fully saturated rings. The van der Waals surface area contributed by atoms with Crippen molar-refractivity contribution in [3.63, 3.8) is 0 Å². The van der Waals surface area contributed by atoms with E-state index in [1.54, 1.807) is 11.3 Å². The van der Waals surface area contributed by atoms with E-state index in [4.69, 9.17) is 5.73 Å². The lowest BCUT2D eigenvalue weighted by Gasteiger charge is -2.09. The van der Waals surface area contributed by atoms with Crippen LogP contribution in [0.4, 0.5) is 0 Å². The van der Waals surface area contributed by atoms with Crippen molar-refractivity contribution in [3.05, 3.63) is 21.9 Å². The van der Waals surface area contributed by atoms with E-state index in [2.05, 4.69) is 25.3 Å². The number of nitrogens with two attached hydrogens (primary N) is 1. The molecule has 0 aliphatic rings. The first kappa shape index (κ1) is 9.75. The molecule has 1 nitrogen and oxygen atoms in total. The molecule has 0 amide bonds. The Balaban J connectivity index is 2.52. The summed E-state index contributed by atoms with van der Waals surface area (Å²) >= 11 is 1.79. The van der Waals surface area contributed by atoms with Gasteiger partial charge in [-0.05, 0) is 30.4 Å². The van der Waals surface area contributed by atoms with E-state index in [0.717, 1.165) is 6.42 Å². The first-order chi connectivity index (χ1) is 5.75. The highest BCUT2D eigenvalue weighted by molar-refractivity contribution is 7.10. The lowest BCUT2D eigenvalue weighted by molar-refractivity contribution is 0.603. The number of unbranched alkanes of at least 4 members (excludes halogenated alkanes) is 1. The Morgan fingerprint density at radius 3 is 2.83 bits per heavy atom. The molecule has 0 aromatic carbocycles. The van der Waals surface area contributed by atoms with Gasteiger partial charge in [0.05, 0.1) is 0 Å². The average molecular weight is 183 g/mol. The molecular formula is C10H17NS. The topological polar surface area (TPSA) is 26.0 Å². The van der Waals surface area contributed by atoms with Gasteiger partial charge in [-0.1, -0.05) is 19.8 Å². The van der Waals surface area contributed by atoms with Gasteiger partial charge in [-0.3, -0.25) is 0 Å². The summed E-state index contributed by atoms with van der Waals surface area (Å²) in [6.07, 6.45) is 3.58. The summed E-state index contributed by atoms with van der Waals surface area (Å²) in [5.74, 6) is 0. The summed E-state index contributed by atoms with van der Waals surface area (Å²) in [4.78, 5) is 1.37. The van der Waals surface area contributed by atoms with Crippen LogP contribution in [0, 0.1) is 6.92 Å². The van der Waals surface area contributed by atoms with Crippen LogP contribution < -0.4 is 5.73 Å². The van der Waals surface area contributed by atoms with E-state index >= 15 is 0 Å². The summed E-state index contributed by atoms with van der Waals surface area (Å²) in [5.41, 5.74) is 7.37. The largest absolute Gasteiger partial charge is 0.324 e. The molecule has 0 aliphatic heterocycles. The molecule has 1 rings (SSSR count). The van der Waals surface area contributed by atoms with Gasteiger partial charge in [0.1, 0.15) is 0 Å². The highest BCUT2D eigenvalue weighted by Crippen LogP contribution is 2.24. The zero-order valence-corrected chi connectivity index (χ0v) is 8.66. The van der Waals surface area contributed by atoms with Crippen LogP contribution in [0.2, 0.25) is 0 Å². The quantitative estimate of drug-likeness (QED) is 0.762. The van der Waals surface area contributed by atoms with E-state index in [1.807, 2.05) is 0 Å². The van der Waals surface area contributed by atoms with E-state index in [9.17, 15) is 0 Å². The molecule has 0 radical (unpaired) electrons. The van der Waals surface area contributed by atoms with Crippen LogP contribution in [-0.4, -0.2) is 0 Å². The zero-order chi connectivity index (χ0) is 8.97. The minimum absolute atomic E-state index is 0.260. The maximum atomic E-state index is 6.03. The molecule has 0 bridgehead atoms. The smallest absolute Gasteiger partial charge is 0.0305 e. The van der Waals surface area contributed by atoms with Crippen LogP contribution in [0.3, 0.4) is 0 Å². The molecule has 0 aliphatic carbocycles. The summed E-state index contributed by atoms with van der Waals surface area (Å²) in [6.45, 7) is 4.35. The lowest BCUT2D eigenvalue weighted by Crippen LogP contribution is -2.09. The molecule has 1 heterocycles. The van der Waals surface area contributed by atoms with Crippen molar-refractivity contribution in [2.24, 2.45) is 5.73 Å². The molecule has 68 valence electrons. The van der Waals surface area contributed by atoms with Crippen molar-refractivity contribution < 1.29 is 0 Å². The van der Waals surface area contributed by atoms with E-state index in [0.29, 0.717) is 0 Å². The van der Waals surface area contributed by atoms with Crippen molar-refractivity contribution >= 4 is 11.3 Å². The Labute approximate surface area is 78.6 Å². The molecule has 2 N–H and O–H groups in total. The molecule has 12 heavy (non-hydrogen) atoms. The third kappa shape index (κ3) is 2.32. The maximum Gasteiger partial charge on any atom is 0.0305 e. The average Bonchev–Trinajstić information content (AvgIpc) is 2.47. The van der Waals surface area contributed by atoms with Gasteiger partial charge in [0.25, 0.3) is 0 Å². The number of rotatable bonds is 4. The van der Waals surface area contributed by atoms with Crippen molar-refractivity contribution in [2.45, 2.75) is 39.2 Å². The zero-order valence-electron chi connectivity index (χ0n) is 7.84. The fraction of sp³-hybridized carbons (Fsp3) is 0.600. The molecule has 1 unspecified atom stereocenters. The molecule has 1 atom stereocenters. The standard InChI is InChI=1S/C10H17NS/c1-3-4-5-10(11)9-6-7-12-8(9)2/h6-7,10H,3-5,11H2,1-2H3. The normalized spacial score (nSPS) is 13.2. The van der Waals surface area contributed by atoms with Gasteiger partial charge in [-0.2, -0.15) is 0 Å². The Bertz CT molecular complexity index is 229. The third-order valence-corrected chi connectivity index (χ3v) is 3.03. The number of hydrogen-bond donors (Lipinski definition) is 1. The molecular weight excluding hydrogens is 166 g/mol. The number of aryl methyl sites for hydroxylation is 1. The van der Waals surface area contributed by atoms with Crippen LogP contribution in [0.15, 0.2) is 11.4 Å². The highest BCUT2D eigenvalue weighted by atomic mass is 32.1. The molecule has 1 aromatic heterocycles. The van der Waals surface area contributed by atoms with Crippen molar-refractivity contribution in [2.75, 3.05) is 0 Å². The maximum absolute atomic E-state index is 6.03. The second kappa shape index (κ2) is 4.63. The first-order valence-electron chi connectivity index (χ1n) is 4.55. The summed E-state index contributed by atoms with van der Waals surface area (Å²) < 4.78 is 0. The van der Waals surface area contributed by atoms with Gasteiger partial charge in [0.2, 0.25) is 0 Å². The van der Waals surface area contributed by atoms with Crippen LogP contribution in [0.25, 0.3) is 0 Å². The summed E-state index contributed by atoms with van der Waals surface area (Å²) in [7, 11) is 0. The SMILES string of the molecule is CCCCC(N)c1ccsc1C. The van der Waals surface area contributed by atoms with Gasteiger partial charge < -0.3 is 5.73 Å². The Kier molecular flexibility index (Phi) is 3.76. The Morgan fingerprint density at radius 2 is 2.33 bits per heavy atom. The van der Waals surface area contributed by atoms with Crippen molar-refractivity contribution in [1.29, 1.82) is 0 Å². The van der Waals surface area contributed by atoms with E-state index < -0.39 is 0 Å². The molecule has 0 spiro atoms. The van der Waals surface area contributed by atoms with Crippen LogP contribution >= 0.6 is 11.3 Å². The van der Waals surface area contributed by atoms with Gasteiger partial charge >= 0.3 is 0 Å². The Morgan fingerprint density at radius 1 is 1.58 bits per heavy atom. The van der Waals surface area contributed by atoms with E-state index in [-0.39, 0.29) is 6.04 Å². The minimum atomic E-state index is 0.260. The second-order valence-electron chi connectivity index (χ2n) is 3.18. The van der Waals surface area contributed by atoms with Gasteiger partial charge in [0, 0.05) is 10.9 Å². The second-order valence-corrected chi connectivity index (χ2v) is 4.30. The fourth-order valence-corrected chi connectivity index (χ4v) is 2.13. The molecule has 1 aromatic rings. The van der Waals surface area contributed by atoms with E-state index in [1.165, 1.54) is 23.3 Å². The Hall–Kier alpha value is -0.340. The molecule has 0 saturated heterocycles. The van der Waals surface area contributed by atoms with Crippen LogP contribution in [0.5, 0.6) is 0 Å². The number of hydrogen-bond acceptors (Lipinski definition) is 2. The fourth-order valence-electron chi connectivity index (χ4n) is 1.36. The third-order valence-electron chi connectivity index (χ3n) is 2.17.